The highest BCUT2D eigenvalue weighted by atomic mass is 79.9. The molecule has 0 heterocycles. The number of carbonyl (C=O) groups excluding carboxylic acids is 1. The Morgan fingerprint density at radius 1 is 1.38 bits per heavy atom. The zero-order valence-corrected chi connectivity index (χ0v) is 11.3. The van der Waals surface area contributed by atoms with Crippen molar-refractivity contribution in [2.45, 2.75) is 25.6 Å². The number of rotatable bonds is 5. The summed E-state index contributed by atoms with van der Waals surface area (Å²) in [6, 6.07) is 7.45. The fraction of sp³-hybridized carbons (Fsp3) is 0.462. The minimum Gasteiger partial charge on any atom is -0.462 e. The molecule has 0 radical (unpaired) electrons. The first-order chi connectivity index (χ1) is 7.67. The number of benzene rings is 1. The van der Waals surface area contributed by atoms with Crippen LogP contribution in [0.3, 0.4) is 0 Å². The molecule has 0 spiro atoms. The number of alkyl halides is 1. The Bertz CT molecular complexity index is 332. The van der Waals surface area contributed by atoms with Crippen molar-refractivity contribution >= 4 is 21.9 Å². The second-order valence-electron chi connectivity index (χ2n) is 3.94. The van der Waals surface area contributed by atoms with Gasteiger partial charge in [-0.05, 0) is 23.6 Å². The monoisotopic (exact) mass is 284 g/mol. The molecule has 1 rings (SSSR count). The number of hydrogen-bond acceptors (Lipinski definition) is 2. The molecule has 1 atom stereocenters. The molecular formula is C13H17BrO2. The highest BCUT2D eigenvalue weighted by Crippen LogP contribution is 2.10. The van der Waals surface area contributed by atoms with E-state index in [0.717, 1.165) is 17.3 Å². The molecule has 0 saturated carbocycles. The lowest BCUT2D eigenvalue weighted by atomic mass is 10.1. The quantitative estimate of drug-likeness (QED) is 0.608. The van der Waals surface area contributed by atoms with Gasteiger partial charge in [-0.2, -0.15) is 0 Å². The molecule has 0 aliphatic rings. The van der Waals surface area contributed by atoms with Crippen LogP contribution < -0.4 is 0 Å². The van der Waals surface area contributed by atoms with Gasteiger partial charge in [0.05, 0.1) is 12.2 Å². The molecule has 1 aromatic carbocycles. The molecule has 0 amide bonds. The molecule has 0 aliphatic heterocycles. The molecule has 0 fully saturated rings. The van der Waals surface area contributed by atoms with Crippen LogP contribution in [-0.4, -0.2) is 12.6 Å². The van der Waals surface area contributed by atoms with Crippen molar-refractivity contribution < 1.29 is 9.53 Å². The molecule has 1 aromatic rings. The summed E-state index contributed by atoms with van der Waals surface area (Å²) in [6.45, 7) is 4.65. The van der Waals surface area contributed by atoms with Crippen molar-refractivity contribution in [2.24, 2.45) is 5.92 Å². The van der Waals surface area contributed by atoms with E-state index in [1.54, 1.807) is 12.1 Å². The largest absolute Gasteiger partial charge is 0.462 e. The predicted molar refractivity (Wildman–Crippen MR) is 68.8 cm³/mol. The van der Waals surface area contributed by atoms with Gasteiger partial charge < -0.3 is 4.74 Å². The molecular weight excluding hydrogens is 268 g/mol. The molecule has 0 saturated heterocycles. The molecule has 0 aliphatic carbocycles. The van der Waals surface area contributed by atoms with E-state index in [1.807, 2.05) is 12.1 Å². The molecule has 0 aromatic heterocycles. The van der Waals surface area contributed by atoms with E-state index >= 15 is 0 Å². The zero-order chi connectivity index (χ0) is 12.0. The summed E-state index contributed by atoms with van der Waals surface area (Å²) >= 11 is 3.36. The van der Waals surface area contributed by atoms with Crippen molar-refractivity contribution in [1.29, 1.82) is 0 Å². The topological polar surface area (TPSA) is 26.3 Å². The summed E-state index contributed by atoms with van der Waals surface area (Å²) in [5.41, 5.74) is 1.77. The van der Waals surface area contributed by atoms with Crippen molar-refractivity contribution in [2.75, 3.05) is 6.61 Å². The van der Waals surface area contributed by atoms with E-state index in [4.69, 9.17) is 4.74 Å². The van der Waals surface area contributed by atoms with Gasteiger partial charge in [0.25, 0.3) is 0 Å². The van der Waals surface area contributed by atoms with Gasteiger partial charge in [0.1, 0.15) is 0 Å². The summed E-state index contributed by atoms with van der Waals surface area (Å²) in [7, 11) is 0. The van der Waals surface area contributed by atoms with Gasteiger partial charge in [0.2, 0.25) is 0 Å². The predicted octanol–water partition coefficient (Wildman–Crippen LogP) is 3.78. The fourth-order valence-electron chi connectivity index (χ4n) is 1.15. The maximum absolute atomic E-state index is 11.6. The Morgan fingerprint density at radius 2 is 2.00 bits per heavy atom. The lowest BCUT2D eigenvalue weighted by Gasteiger charge is -2.09. The zero-order valence-electron chi connectivity index (χ0n) is 9.70. The van der Waals surface area contributed by atoms with Crippen LogP contribution >= 0.6 is 15.9 Å². The van der Waals surface area contributed by atoms with Crippen LogP contribution in [0.5, 0.6) is 0 Å². The first kappa shape index (κ1) is 13.2. The summed E-state index contributed by atoms with van der Waals surface area (Å²) in [5, 5.41) is 0.801. The minimum absolute atomic E-state index is 0.235. The Labute approximate surface area is 105 Å². The summed E-state index contributed by atoms with van der Waals surface area (Å²) in [6.07, 6.45) is 1.02. The Kier molecular flexibility index (Phi) is 5.53. The molecule has 2 nitrogen and oxygen atoms in total. The van der Waals surface area contributed by atoms with E-state index in [2.05, 4.69) is 29.8 Å². The fourth-order valence-corrected chi connectivity index (χ4v) is 1.52. The van der Waals surface area contributed by atoms with Crippen molar-refractivity contribution in [3.8, 4) is 0 Å². The average molecular weight is 285 g/mol. The second-order valence-corrected chi connectivity index (χ2v) is 4.50. The normalized spacial score (nSPS) is 12.2. The van der Waals surface area contributed by atoms with Crippen LogP contribution in [0.2, 0.25) is 0 Å². The lowest BCUT2D eigenvalue weighted by Crippen LogP contribution is -2.11. The van der Waals surface area contributed by atoms with E-state index < -0.39 is 0 Å². The van der Waals surface area contributed by atoms with E-state index in [1.165, 1.54) is 0 Å². The molecule has 0 unspecified atom stereocenters. The van der Waals surface area contributed by atoms with Gasteiger partial charge in [-0.3, -0.25) is 0 Å². The SMILES string of the molecule is CC[C@H](C)COC(=O)c1ccc(CBr)cc1. The van der Waals surface area contributed by atoms with Gasteiger partial charge in [0.15, 0.2) is 0 Å². The Balaban J connectivity index is 2.52. The van der Waals surface area contributed by atoms with Gasteiger partial charge in [-0.15, -0.1) is 0 Å². The first-order valence-electron chi connectivity index (χ1n) is 5.49. The second kappa shape index (κ2) is 6.69. The minimum atomic E-state index is -0.235. The Hall–Kier alpha value is -0.830. The summed E-state index contributed by atoms with van der Waals surface area (Å²) in [4.78, 5) is 11.6. The van der Waals surface area contributed by atoms with Gasteiger partial charge in [0, 0.05) is 5.33 Å². The summed E-state index contributed by atoms with van der Waals surface area (Å²) < 4.78 is 5.20. The van der Waals surface area contributed by atoms with Crippen LogP contribution in [0.1, 0.15) is 36.2 Å². The van der Waals surface area contributed by atoms with Gasteiger partial charge in [-0.1, -0.05) is 48.3 Å². The molecule has 0 N–H and O–H groups in total. The molecule has 3 heteroatoms. The van der Waals surface area contributed by atoms with Crippen LogP contribution in [-0.2, 0) is 10.1 Å². The summed E-state index contributed by atoms with van der Waals surface area (Å²) in [5.74, 6) is 0.187. The van der Waals surface area contributed by atoms with Crippen molar-refractivity contribution in [3.05, 3.63) is 35.4 Å². The van der Waals surface area contributed by atoms with E-state index in [9.17, 15) is 4.79 Å². The standard InChI is InChI=1S/C13H17BrO2/c1-3-10(2)9-16-13(15)12-6-4-11(8-14)5-7-12/h4-7,10H,3,8-9H2,1-2H3/t10-/m0/s1. The van der Waals surface area contributed by atoms with Crippen LogP contribution in [0.15, 0.2) is 24.3 Å². The van der Waals surface area contributed by atoms with Crippen molar-refractivity contribution in [1.82, 2.24) is 0 Å². The molecule has 0 bridgehead atoms. The molecule has 16 heavy (non-hydrogen) atoms. The Morgan fingerprint density at radius 3 is 2.50 bits per heavy atom. The third-order valence-electron chi connectivity index (χ3n) is 2.54. The maximum Gasteiger partial charge on any atom is 0.338 e. The highest BCUT2D eigenvalue weighted by Gasteiger charge is 2.08. The van der Waals surface area contributed by atoms with Crippen molar-refractivity contribution in [3.63, 3.8) is 0 Å². The van der Waals surface area contributed by atoms with Crippen LogP contribution in [0.4, 0.5) is 0 Å². The maximum atomic E-state index is 11.6. The average Bonchev–Trinajstić information content (AvgIpc) is 2.35. The third-order valence-corrected chi connectivity index (χ3v) is 3.19. The number of halogens is 1. The smallest absolute Gasteiger partial charge is 0.338 e. The van der Waals surface area contributed by atoms with E-state index in [0.29, 0.717) is 18.1 Å². The molecule has 88 valence electrons. The van der Waals surface area contributed by atoms with E-state index in [-0.39, 0.29) is 5.97 Å². The van der Waals surface area contributed by atoms with Crippen LogP contribution in [0, 0.1) is 5.92 Å². The third kappa shape index (κ3) is 3.97. The number of ether oxygens (including phenoxy) is 1. The van der Waals surface area contributed by atoms with Crippen LogP contribution in [0.25, 0.3) is 0 Å². The number of hydrogen-bond donors (Lipinski definition) is 0. The first-order valence-corrected chi connectivity index (χ1v) is 6.61. The number of carbonyl (C=O) groups is 1. The number of esters is 1. The van der Waals surface area contributed by atoms with Gasteiger partial charge >= 0.3 is 5.97 Å². The lowest BCUT2D eigenvalue weighted by molar-refractivity contribution is 0.0447. The van der Waals surface area contributed by atoms with Gasteiger partial charge in [-0.25, -0.2) is 4.79 Å². The highest BCUT2D eigenvalue weighted by molar-refractivity contribution is 9.08.